The van der Waals surface area contributed by atoms with Crippen molar-refractivity contribution in [1.82, 2.24) is 0 Å². The molecule has 1 heterocycles. The summed E-state index contributed by atoms with van der Waals surface area (Å²) in [6.45, 7) is 4.13. The predicted molar refractivity (Wildman–Crippen MR) is 82.6 cm³/mol. The molecular weight excluding hydrogens is 265 g/mol. The van der Waals surface area contributed by atoms with E-state index < -0.39 is 0 Å². The highest BCUT2D eigenvalue weighted by Crippen LogP contribution is 2.37. The van der Waals surface area contributed by atoms with E-state index in [-0.39, 0.29) is 22.9 Å². The maximum atomic E-state index is 13.7. The Labute approximate surface area is 123 Å². The van der Waals surface area contributed by atoms with Crippen LogP contribution in [0, 0.1) is 5.82 Å². The van der Waals surface area contributed by atoms with E-state index in [1.165, 1.54) is 6.07 Å². The topological polar surface area (TPSA) is 39.2 Å². The number of benzene rings is 2. The van der Waals surface area contributed by atoms with Crippen LogP contribution in [0.5, 0.6) is 0 Å². The first-order valence-electron chi connectivity index (χ1n) is 6.99. The first kappa shape index (κ1) is 13.8. The molecule has 108 valence electrons. The average Bonchev–Trinajstić information content (AvgIpc) is 2.93. The third-order valence-corrected chi connectivity index (χ3v) is 4.12. The minimum absolute atomic E-state index is 0.270. The Morgan fingerprint density at radius 3 is 2.43 bits per heavy atom. The summed E-state index contributed by atoms with van der Waals surface area (Å²) in [4.78, 5) is 0. The first-order chi connectivity index (χ1) is 10.00. The molecule has 0 aliphatic carbocycles. The van der Waals surface area contributed by atoms with E-state index in [9.17, 15) is 4.39 Å². The Bertz CT molecular complexity index is 761. The van der Waals surface area contributed by atoms with E-state index in [1.54, 1.807) is 6.07 Å². The summed E-state index contributed by atoms with van der Waals surface area (Å²) in [7, 11) is 0. The highest BCUT2D eigenvalue weighted by atomic mass is 19.1. The van der Waals surface area contributed by atoms with Gasteiger partial charge in [0.2, 0.25) is 0 Å². The molecule has 21 heavy (non-hydrogen) atoms. The Morgan fingerprint density at radius 2 is 1.76 bits per heavy atom. The van der Waals surface area contributed by atoms with Crippen LogP contribution in [0.2, 0.25) is 0 Å². The van der Waals surface area contributed by atoms with E-state index in [2.05, 4.69) is 13.8 Å². The Kier molecular flexibility index (Phi) is 3.30. The lowest BCUT2D eigenvalue weighted by Crippen LogP contribution is -2.32. The van der Waals surface area contributed by atoms with Crippen LogP contribution in [0.15, 0.2) is 59.0 Å². The molecular formula is C18H18FNO. The fourth-order valence-corrected chi connectivity index (χ4v) is 2.60. The molecule has 3 aromatic rings. The van der Waals surface area contributed by atoms with E-state index in [1.807, 2.05) is 42.5 Å². The van der Waals surface area contributed by atoms with Gasteiger partial charge < -0.3 is 10.2 Å². The van der Waals surface area contributed by atoms with Crippen molar-refractivity contribution in [2.75, 3.05) is 0 Å². The molecule has 2 aromatic carbocycles. The number of rotatable bonds is 3. The maximum absolute atomic E-state index is 13.7. The smallest absolute Gasteiger partial charge is 0.169 e. The van der Waals surface area contributed by atoms with Gasteiger partial charge in [-0.05, 0) is 17.7 Å². The number of nitrogens with two attached hydrogens (primary N) is 1. The second kappa shape index (κ2) is 5.01. The largest absolute Gasteiger partial charge is 0.456 e. The number of para-hydroxylation sites is 1. The fraction of sp³-hybridized carbons (Fsp3) is 0.222. The zero-order valence-corrected chi connectivity index (χ0v) is 12.1. The van der Waals surface area contributed by atoms with Gasteiger partial charge in [0.15, 0.2) is 11.4 Å². The molecule has 1 atom stereocenters. The van der Waals surface area contributed by atoms with Crippen molar-refractivity contribution in [2.24, 2.45) is 5.73 Å². The highest BCUT2D eigenvalue weighted by Gasteiger charge is 2.32. The fourth-order valence-electron chi connectivity index (χ4n) is 2.60. The van der Waals surface area contributed by atoms with Crippen LogP contribution in [0.4, 0.5) is 4.39 Å². The van der Waals surface area contributed by atoms with Gasteiger partial charge >= 0.3 is 0 Å². The third kappa shape index (κ3) is 2.34. The highest BCUT2D eigenvalue weighted by molar-refractivity contribution is 5.78. The molecule has 2 nitrogen and oxygen atoms in total. The van der Waals surface area contributed by atoms with Crippen LogP contribution < -0.4 is 5.73 Å². The Morgan fingerprint density at radius 1 is 1.05 bits per heavy atom. The van der Waals surface area contributed by atoms with Crippen LogP contribution in [-0.4, -0.2) is 0 Å². The third-order valence-electron chi connectivity index (χ3n) is 4.12. The average molecular weight is 283 g/mol. The monoisotopic (exact) mass is 283 g/mol. The zero-order chi connectivity index (χ0) is 15.0. The minimum Gasteiger partial charge on any atom is -0.456 e. The molecule has 0 aliphatic heterocycles. The molecule has 0 radical (unpaired) electrons. The van der Waals surface area contributed by atoms with Crippen molar-refractivity contribution in [2.45, 2.75) is 25.3 Å². The molecule has 0 aliphatic rings. The molecule has 0 spiro atoms. The minimum atomic E-state index is -0.358. The van der Waals surface area contributed by atoms with Crippen molar-refractivity contribution in [3.63, 3.8) is 0 Å². The molecule has 0 saturated carbocycles. The molecule has 0 fully saturated rings. The lowest BCUT2D eigenvalue weighted by molar-refractivity contribution is 0.360. The van der Waals surface area contributed by atoms with Crippen molar-refractivity contribution in [3.05, 3.63) is 71.7 Å². The lowest BCUT2D eigenvalue weighted by Gasteiger charge is -2.30. The zero-order valence-electron chi connectivity index (χ0n) is 12.1. The van der Waals surface area contributed by atoms with Crippen LogP contribution in [-0.2, 0) is 5.41 Å². The van der Waals surface area contributed by atoms with E-state index >= 15 is 0 Å². The van der Waals surface area contributed by atoms with Gasteiger partial charge in [0.05, 0.1) is 6.04 Å². The summed E-state index contributed by atoms with van der Waals surface area (Å²) in [6.07, 6.45) is 0. The van der Waals surface area contributed by atoms with Crippen molar-refractivity contribution < 1.29 is 8.81 Å². The van der Waals surface area contributed by atoms with Gasteiger partial charge in [-0.1, -0.05) is 56.3 Å². The predicted octanol–water partition coefficient (Wildman–Crippen LogP) is 4.55. The van der Waals surface area contributed by atoms with Crippen LogP contribution in [0.25, 0.3) is 11.0 Å². The standard InChI is InChI=1S/C18H18FNO/c1-18(2,13-8-4-3-5-9-13)17(20)15-11-12-7-6-10-14(19)16(12)21-15/h3-11,17H,20H2,1-2H3. The lowest BCUT2D eigenvalue weighted by atomic mass is 9.77. The van der Waals surface area contributed by atoms with Gasteiger partial charge in [-0.25, -0.2) is 4.39 Å². The van der Waals surface area contributed by atoms with E-state index in [0.717, 1.165) is 10.9 Å². The molecule has 3 rings (SSSR count). The Balaban J connectivity index is 2.04. The number of hydrogen-bond donors (Lipinski definition) is 1. The van der Waals surface area contributed by atoms with Crippen LogP contribution >= 0.6 is 0 Å². The summed E-state index contributed by atoms with van der Waals surface area (Å²) in [5.74, 6) is 0.243. The second-order valence-electron chi connectivity index (χ2n) is 5.87. The van der Waals surface area contributed by atoms with Crippen LogP contribution in [0.3, 0.4) is 0 Å². The summed E-state index contributed by atoms with van der Waals surface area (Å²) >= 11 is 0. The quantitative estimate of drug-likeness (QED) is 0.766. The van der Waals surface area contributed by atoms with Gasteiger partial charge in [-0.2, -0.15) is 0 Å². The normalized spacial score (nSPS) is 13.5. The van der Waals surface area contributed by atoms with Crippen LogP contribution in [0.1, 0.15) is 31.2 Å². The molecule has 0 saturated heterocycles. The number of furan rings is 1. The molecule has 0 bridgehead atoms. The van der Waals surface area contributed by atoms with Gasteiger partial charge in [0.25, 0.3) is 0 Å². The number of halogens is 1. The summed E-state index contributed by atoms with van der Waals surface area (Å²) < 4.78 is 19.4. The summed E-state index contributed by atoms with van der Waals surface area (Å²) in [6, 6.07) is 16.4. The molecule has 1 unspecified atom stereocenters. The van der Waals surface area contributed by atoms with Gasteiger partial charge in [-0.3, -0.25) is 0 Å². The van der Waals surface area contributed by atoms with Crippen molar-refractivity contribution in [3.8, 4) is 0 Å². The van der Waals surface area contributed by atoms with E-state index in [4.69, 9.17) is 10.2 Å². The summed E-state index contributed by atoms with van der Waals surface area (Å²) in [5.41, 5.74) is 7.48. The van der Waals surface area contributed by atoms with Gasteiger partial charge in [-0.15, -0.1) is 0 Å². The maximum Gasteiger partial charge on any atom is 0.169 e. The summed E-state index contributed by atoms with van der Waals surface area (Å²) in [5, 5.41) is 0.740. The molecule has 0 amide bonds. The molecule has 2 N–H and O–H groups in total. The molecule has 1 aromatic heterocycles. The SMILES string of the molecule is CC(C)(c1ccccc1)C(N)c1cc2cccc(F)c2o1. The molecule has 3 heteroatoms. The Hall–Kier alpha value is -2.13. The number of hydrogen-bond acceptors (Lipinski definition) is 2. The van der Waals surface area contributed by atoms with E-state index in [0.29, 0.717) is 5.76 Å². The van der Waals surface area contributed by atoms with Crippen molar-refractivity contribution >= 4 is 11.0 Å². The van der Waals surface area contributed by atoms with Crippen molar-refractivity contribution in [1.29, 1.82) is 0 Å². The van der Waals surface area contributed by atoms with Gasteiger partial charge in [0.1, 0.15) is 5.76 Å². The second-order valence-corrected chi connectivity index (χ2v) is 5.87. The number of fused-ring (bicyclic) bond motifs is 1. The van der Waals surface area contributed by atoms with Gasteiger partial charge in [0, 0.05) is 10.8 Å². The first-order valence-corrected chi connectivity index (χ1v) is 6.99.